The van der Waals surface area contributed by atoms with E-state index in [0.29, 0.717) is 0 Å². The summed E-state index contributed by atoms with van der Waals surface area (Å²) in [5.74, 6) is 0.339. The van der Waals surface area contributed by atoms with E-state index in [1.54, 1.807) is 24.3 Å². The van der Waals surface area contributed by atoms with Gasteiger partial charge in [-0.1, -0.05) is 76.1 Å². The van der Waals surface area contributed by atoms with Gasteiger partial charge in [-0.2, -0.15) is 0 Å². The van der Waals surface area contributed by atoms with Crippen molar-refractivity contribution >= 4 is 0 Å². The third kappa shape index (κ3) is 5.21. The number of halogens is 2. The quantitative estimate of drug-likeness (QED) is 0.382. The van der Waals surface area contributed by atoms with Gasteiger partial charge in [0.15, 0.2) is 0 Å². The highest BCUT2D eigenvalue weighted by atomic mass is 19.1. The molecule has 1 aliphatic rings. The average molecular weight is 385 g/mol. The van der Waals surface area contributed by atoms with Crippen molar-refractivity contribution in [2.45, 2.75) is 83.0 Å². The number of hydrogen-bond acceptors (Lipinski definition) is 0. The number of rotatable bonds is 9. The van der Waals surface area contributed by atoms with E-state index in [1.807, 2.05) is 12.1 Å². The number of unbranched alkanes of at least 4 members (excludes halogenated alkanes) is 5. The Morgan fingerprint density at radius 3 is 1.86 bits per heavy atom. The smallest absolute Gasteiger partial charge is 0.123 e. The van der Waals surface area contributed by atoms with Gasteiger partial charge in [0, 0.05) is 5.41 Å². The molecule has 0 heterocycles. The van der Waals surface area contributed by atoms with Gasteiger partial charge in [-0.25, -0.2) is 8.78 Å². The van der Waals surface area contributed by atoms with Crippen LogP contribution in [0.15, 0.2) is 48.5 Å². The van der Waals surface area contributed by atoms with Gasteiger partial charge in [-0.3, -0.25) is 0 Å². The van der Waals surface area contributed by atoms with E-state index in [9.17, 15) is 8.78 Å². The van der Waals surface area contributed by atoms with Crippen LogP contribution in [0.3, 0.4) is 0 Å². The molecular formula is C26H34F2. The molecule has 2 aromatic rings. The molecule has 0 spiro atoms. The van der Waals surface area contributed by atoms with Gasteiger partial charge >= 0.3 is 0 Å². The lowest BCUT2D eigenvalue weighted by atomic mass is 9.62. The second-order valence-corrected chi connectivity index (χ2v) is 8.60. The molecule has 0 N–H and O–H groups in total. The van der Waals surface area contributed by atoms with Gasteiger partial charge in [0.05, 0.1) is 0 Å². The Kier molecular flexibility index (Phi) is 7.65. The minimum Gasteiger partial charge on any atom is -0.207 e. The minimum atomic E-state index is -0.262. The molecule has 152 valence electrons. The molecule has 3 rings (SSSR count). The Labute approximate surface area is 169 Å². The van der Waals surface area contributed by atoms with E-state index in [1.165, 1.54) is 57.1 Å². The van der Waals surface area contributed by atoms with Crippen LogP contribution < -0.4 is 0 Å². The van der Waals surface area contributed by atoms with Gasteiger partial charge in [-0.15, -0.1) is 0 Å². The van der Waals surface area contributed by atoms with Crippen LogP contribution in [0.5, 0.6) is 0 Å². The molecule has 0 atom stereocenters. The molecule has 0 aliphatic heterocycles. The molecule has 0 aromatic heterocycles. The maximum absolute atomic E-state index is 14.0. The van der Waals surface area contributed by atoms with Gasteiger partial charge < -0.3 is 0 Å². The SMILES string of the molecule is CCCCCCCCC1CCC(c2cccc(F)c2)(c2cccc(F)c2)CC1. The normalized spacial score (nSPS) is 17.0. The maximum atomic E-state index is 14.0. The first-order valence-corrected chi connectivity index (χ1v) is 11.2. The second kappa shape index (κ2) is 10.2. The third-order valence-electron chi connectivity index (χ3n) is 6.68. The van der Waals surface area contributed by atoms with E-state index < -0.39 is 0 Å². The molecule has 1 aliphatic carbocycles. The number of hydrogen-bond donors (Lipinski definition) is 0. The zero-order valence-corrected chi connectivity index (χ0v) is 17.2. The molecule has 2 aromatic carbocycles. The topological polar surface area (TPSA) is 0 Å². The first-order valence-electron chi connectivity index (χ1n) is 11.2. The van der Waals surface area contributed by atoms with Crippen molar-refractivity contribution in [2.24, 2.45) is 5.92 Å². The molecule has 0 bridgehead atoms. The summed E-state index contributed by atoms with van der Waals surface area (Å²) < 4.78 is 28.0. The maximum Gasteiger partial charge on any atom is 0.123 e. The summed E-state index contributed by atoms with van der Waals surface area (Å²) >= 11 is 0. The zero-order valence-electron chi connectivity index (χ0n) is 17.2. The molecule has 0 saturated heterocycles. The average Bonchev–Trinajstić information content (AvgIpc) is 2.71. The summed E-state index contributed by atoms with van der Waals surface area (Å²) in [5.41, 5.74) is 1.73. The Morgan fingerprint density at radius 1 is 0.786 bits per heavy atom. The van der Waals surface area contributed by atoms with Crippen molar-refractivity contribution in [3.63, 3.8) is 0 Å². The van der Waals surface area contributed by atoms with E-state index >= 15 is 0 Å². The van der Waals surface area contributed by atoms with E-state index in [0.717, 1.165) is 42.7 Å². The molecule has 1 fully saturated rings. The molecule has 0 unspecified atom stereocenters. The Hall–Kier alpha value is -1.70. The van der Waals surface area contributed by atoms with Crippen molar-refractivity contribution in [1.29, 1.82) is 0 Å². The van der Waals surface area contributed by atoms with Crippen molar-refractivity contribution in [3.8, 4) is 0 Å². The Bertz CT molecular complexity index is 681. The van der Waals surface area contributed by atoms with Crippen LogP contribution in [0.4, 0.5) is 8.78 Å². The highest BCUT2D eigenvalue weighted by molar-refractivity contribution is 5.40. The lowest BCUT2D eigenvalue weighted by Crippen LogP contribution is -2.33. The van der Waals surface area contributed by atoms with Gasteiger partial charge in [-0.05, 0) is 67.0 Å². The van der Waals surface area contributed by atoms with Crippen LogP contribution in [0.25, 0.3) is 0 Å². The molecule has 2 heteroatoms. The Morgan fingerprint density at radius 2 is 1.32 bits per heavy atom. The second-order valence-electron chi connectivity index (χ2n) is 8.60. The predicted molar refractivity (Wildman–Crippen MR) is 114 cm³/mol. The van der Waals surface area contributed by atoms with Crippen LogP contribution in [0.2, 0.25) is 0 Å². The van der Waals surface area contributed by atoms with Crippen molar-refractivity contribution < 1.29 is 8.78 Å². The highest BCUT2D eigenvalue weighted by Gasteiger charge is 2.38. The summed E-state index contributed by atoms with van der Waals surface area (Å²) in [6, 6.07) is 13.9. The van der Waals surface area contributed by atoms with Gasteiger partial charge in [0.25, 0.3) is 0 Å². The monoisotopic (exact) mass is 384 g/mol. The lowest BCUT2D eigenvalue weighted by Gasteiger charge is -2.41. The lowest BCUT2D eigenvalue weighted by molar-refractivity contribution is 0.249. The van der Waals surface area contributed by atoms with Crippen LogP contribution in [-0.2, 0) is 5.41 Å². The highest BCUT2D eigenvalue weighted by Crippen LogP contribution is 2.47. The fourth-order valence-electron chi connectivity index (χ4n) is 4.99. The molecular weight excluding hydrogens is 350 g/mol. The Balaban J connectivity index is 1.68. The number of benzene rings is 2. The summed E-state index contributed by atoms with van der Waals surface area (Å²) in [6.45, 7) is 2.26. The molecule has 0 amide bonds. The molecule has 1 saturated carbocycles. The molecule has 0 radical (unpaired) electrons. The van der Waals surface area contributed by atoms with E-state index in [-0.39, 0.29) is 17.0 Å². The van der Waals surface area contributed by atoms with Crippen LogP contribution in [-0.4, -0.2) is 0 Å². The summed E-state index contributed by atoms with van der Waals surface area (Å²) in [7, 11) is 0. The predicted octanol–water partition coefficient (Wildman–Crippen LogP) is 8.19. The van der Waals surface area contributed by atoms with Gasteiger partial charge in [0.1, 0.15) is 11.6 Å². The van der Waals surface area contributed by atoms with Gasteiger partial charge in [0.2, 0.25) is 0 Å². The first-order chi connectivity index (χ1) is 13.6. The van der Waals surface area contributed by atoms with Crippen LogP contribution in [0.1, 0.15) is 88.7 Å². The van der Waals surface area contributed by atoms with Crippen LogP contribution in [0, 0.1) is 17.6 Å². The first kappa shape index (κ1) is 21.0. The van der Waals surface area contributed by atoms with E-state index in [2.05, 4.69) is 6.92 Å². The van der Waals surface area contributed by atoms with Crippen molar-refractivity contribution in [3.05, 3.63) is 71.3 Å². The van der Waals surface area contributed by atoms with Crippen molar-refractivity contribution in [1.82, 2.24) is 0 Å². The largest absolute Gasteiger partial charge is 0.207 e. The summed E-state index contributed by atoms with van der Waals surface area (Å²) in [6.07, 6.45) is 13.6. The fraction of sp³-hybridized carbons (Fsp3) is 0.538. The minimum absolute atomic E-state index is 0.206. The van der Waals surface area contributed by atoms with Crippen LogP contribution >= 0.6 is 0 Å². The fourth-order valence-corrected chi connectivity index (χ4v) is 4.99. The summed E-state index contributed by atoms with van der Waals surface area (Å²) in [5, 5.41) is 0. The molecule has 28 heavy (non-hydrogen) atoms. The molecule has 0 nitrogen and oxygen atoms in total. The van der Waals surface area contributed by atoms with Crippen molar-refractivity contribution in [2.75, 3.05) is 0 Å². The standard InChI is InChI=1S/C26H34F2/c1-2-3-4-5-6-7-10-21-15-17-26(18-16-21,22-11-8-13-24(27)19-22)23-12-9-14-25(28)20-23/h8-9,11-14,19-21H,2-7,10,15-18H2,1H3. The third-order valence-corrected chi connectivity index (χ3v) is 6.68. The zero-order chi connectivity index (χ0) is 19.8. The van der Waals surface area contributed by atoms with E-state index in [4.69, 9.17) is 0 Å². The summed E-state index contributed by atoms with van der Waals surface area (Å²) in [4.78, 5) is 0.